The molecule has 0 saturated carbocycles. The van der Waals surface area contributed by atoms with Crippen molar-refractivity contribution in [3.8, 4) is 0 Å². The fourth-order valence-corrected chi connectivity index (χ4v) is 2.93. The van der Waals surface area contributed by atoms with Crippen molar-refractivity contribution in [3.63, 3.8) is 0 Å². The normalized spacial score (nSPS) is 12.3. The molecule has 0 amide bonds. The second-order valence-corrected chi connectivity index (χ2v) is 6.28. The summed E-state index contributed by atoms with van der Waals surface area (Å²) in [6.45, 7) is 2.26. The molecule has 0 unspecified atom stereocenters. The molecule has 20 heavy (non-hydrogen) atoms. The Kier molecular flexibility index (Phi) is 15.6. The Labute approximate surface area is 133 Å². The molecule has 0 rings (SSSR count). The maximum Gasteiger partial charge on any atom is 0.155 e. The lowest BCUT2D eigenvalue weighted by molar-refractivity contribution is -0.0386. The third-order valence-electron chi connectivity index (χ3n) is 3.66. The van der Waals surface area contributed by atoms with E-state index in [0.29, 0.717) is 6.42 Å². The van der Waals surface area contributed by atoms with Crippen molar-refractivity contribution in [3.05, 3.63) is 11.6 Å². The van der Waals surface area contributed by atoms with E-state index in [2.05, 4.69) is 28.9 Å². The van der Waals surface area contributed by atoms with E-state index < -0.39 is 6.29 Å². The summed E-state index contributed by atoms with van der Waals surface area (Å²) in [4.78, 5) is 0. The van der Waals surface area contributed by atoms with Gasteiger partial charge in [0.2, 0.25) is 0 Å². The van der Waals surface area contributed by atoms with Gasteiger partial charge in [-0.1, -0.05) is 92.3 Å². The topological polar surface area (TPSA) is 40.5 Å². The average Bonchev–Trinajstić information content (AvgIpc) is 2.40. The van der Waals surface area contributed by atoms with E-state index in [0.717, 1.165) is 17.3 Å². The molecule has 0 aromatic carbocycles. The number of rotatable bonds is 14. The zero-order valence-corrected chi connectivity index (χ0v) is 14.7. The van der Waals surface area contributed by atoms with Crippen molar-refractivity contribution in [2.24, 2.45) is 0 Å². The minimum atomic E-state index is -1.21. The van der Waals surface area contributed by atoms with Crippen LogP contribution in [0.3, 0.4) is 0 Å². The lowest BCUT2D eigenvalue weighted by Crippen LogP contribution is -2.05. The van der Waals surface area contributed by atoms with Crippen LogP contribution in [0.2, 0.25) is 0 Å². The number of unbranched alkanes of at least 4 members (excludes halogenated alkanes) is 9. The third-order valence-corrected chi connectivity index (χ3v) is 3.99. The number of alkyl halides is 1. The number of aliphatic hydroxyl groups excluding tert-OH is 1. The van der Waals surface area contributed by atoms with Gasteiger partial charge in [0.25, 0.3) is 0 Å². The Bertz CT molecular complexity index is 227. The standard InChI is InChI=1S/C17H33BrO2/c1-2-3-4-5-6-7-8-9-10-11-12-16(13-14-18)15-17(19)20/h13,17,19-20H,2-12,14-15H2,1H3. The summed E-state index contributed by atoms with van der Waals surface area (Å²) in [6, 6.07) is 0. The monoisotopic (exact) mass is 348 g/mol. The van der Waals surface area contributed by atoms with E-state index in [-0.39, 0.29) is 0 Å². The molecule has 120 valence electrons. The van der Waals surface area contributed by atoms with Crippen molar-refractivity contribution < 1.29 is 10.2 Å². The number of hydrogen-bond acceptors (Lipinski definition) is 2. The maximum atomic E-state index is 9.01. The minimum Gasteiger partial charge on any atom is -0.368 e. The molecule has 0 spiro atoms. The highest BCUT2D eigenvalue weighted by atomic mass is 79.9. The van der Waals surface area contributed by atoms with E-state index in [1.165, 1.54) is 64.2 Å². The summed E-state index contributed by atoms with van der Waals surface area (Å²) < 4.78 is 0. The van der Waals surface area contributed by atoms with Crippen LogP contribution >= 0.6 is 15.9 Å². The molecule has 0 saturated heterocycles. The van der Waals surface area contributed by atoms with Crippen LogP contribution in [0.5, 0.6) is 0 Å². The first kappa shape index (κ1) is 20.1. The average molecular weight is 349 g/mol. The van der Waals surface area contributed by atoms with Gasteiger partial charge >= 0.3 is 0 Å². The molecule has 0 aliphatic carbocycles. The van der Waals surface area contributed by atoms with Crippen LogP contribution in [0, 0.1) is 0 Å². The lowest BCUT2D eigenvalue weighted by atomic mass is 10.0. The smallest absolute Gasteiger partial charge is 0.155 e. The van der Waals surface area contributed by atoms with Crippen molar-refractivity contribution in [2.45, 2.75) is 90.3 Å². The number of hydrogen-bond donors (Lipinski definition) is 2. The summed E-state index contributed by atoms with van der Waals surface area (Å²) in [5.41, 5.74) is 1.16. The van der Waals surface area contributed by atoms with Crippen LogP contribution in [-0.2, 0) is 0 Å². The van der Waals surface area contributed by atoms with Gasteiger partial charge in [0.1, 0.15) is 0 Å². The van der Waals surface area contributed by atoms with E-state index in [1.54, 1.807) is 0 Å². The molecule has 0 aliphatic rings. The highest BCUT2D eigenvalue weighted by molar-refractivity contribution is 9.09. The largest absolute Gasteiger partial charge is 0.368 e. The minimum absolute atomic E-state index is 0.392. The molecule has 0 fully saturated rings. The SMILES string of the molecule is CCCCCCCCCCCCC(=CCBr)CC(O)O. The highest BCUT2D eigenvalue weighted by Crippen LogP contribution is 2.16. The molecule has 0 aromatic rings. The Hall–Kier alpha value is 0.140. The van der Waals surface area contributed by atoms with Crippen LogP contribution in [0.15, 0.2) is 11.6 Å². The molecular weight excluding hydrogens is 316 g/mol. The molecule has 0 atom stereocenters. The van der Waals surface area contributed by atoms with Gasteiger partial charge in [0, 0.05) is 11.8 Å². The quantitative estimate of drug-likeness (QED) is 0.193. The van der Waals surface area contributed by atoms with Gasteiger partial charge in [-0.05, 0) is 12.8 Å². The second kappa shape index (κ2) is 15.5. The predicted molar refractivity (Wildman–Crippen MR) is 91.2 cm³/mol. The van der Waals surface area contributed by atoms with Gasteiger partial charge in [-0.15, -0.1) is 0 Å². The second-order valence-electron chi connectivity index (χ2n) is 5.63. The number of aliphatic hydroxyl groups is 2. The Morgan fingerprint density at radius 3 is 1.85 bits per heavy atom. The Balaban J connectivity index is 3.39. The molecule has 0 bridgehead atoms. The molecule has 0 aliphatic heterocycles. The van der Waals surface area contributed by atoms with Gasteiger partial charge in [-0.25, -0.2) is 0 Å². The molecular formula is C17H33BrO2. The van der Waals surface area contributed by atoms with Crippen LogP contribution in [0.1, 0.15) is 84.0 Å². The molecule has 0 heterocycles. The summed E-state index contributed by atoms with van der Waals surface area (Å²) in [7, 11) is 0. The summed E-state index contributed by atoms with van der Waals surface area (Å²) in [5, 5.41) is 18.8. The van der Waals surface area contributed by atoms with E-state index in [9.17, 15) is 0 Å². The van der Waals surface area contributed by atoms with Gasteiger partial charge < -0.3 is 10.2 Å². The highest BCUT2D eigenvalue weighted by Gasteiger charge is 2.03. The van der Waals surface area contributed by atoms with Crippen LogP contribution in [0.4, 0.5) is 0 Å². The summed E-state index contributed by atoms with van der Waals surface area (Å²) >= 11 is 3.37. The first-order valence-corrected chi connectivity index (χ1v) is 9.42. The van der Waals surface area contributed by atoms with E-state index in [4.69, 9.17) is 10.2 Å². The van der Waals surface area contributed by atoms with Gasteiger partial charge in [0.05, 0.1) is 0 Å². The zero-order chi connectivity index (χ0) is 15.1. The molecule has 0 radical (unpaired) electrons. The van der Waals surface area contributed by atoms with E-state index >= 15 is 0 Å². The maximum absolute atomic E-state index is 9.01. The third kappa shape index (κ3) is 14.5. The number of halogens is 1. The Morgan fingerprint density at radius 2 is 1.40 bits per heavy atom. The van der Waals surface area contributed by atoms with Crippen LogP contribution in [0.25, 0.3) is 0 Å². The van der Waals surface area contributed by atoms with Crippen molar-refractivity contribution >= 4 is 15.9 Å². The van der Waals surface area contributed by atoms with Crippen LogP contribution in [-0.4, -0.2) is 21.8 Å². The van der Waals surface area contributed by atoms with Crippen LogP contribution < -0.4 is 0 Å². The van der Waals surface area contributed by atoms with Gasteiger partial charge in [-0.3, -0.25) is 0 Å². The molecule has 2 N–H and O–H groups in total. The van der Waals surface area contributed by atoms with Crippen molar-refractivity contribution in [2.75, 3.05) is 5.33 Å². The van der Waals surface area contributed by atoms with Gasteiger partial charge in [0.15, 0.2) is 6.29 Å². The predicted octanol–water partition coefficient (Wildman–Crippen LogP) is 5.32. The fourth-order valence-electron chi connectivity index (χ4n) is 2.47. The Morgan fingerprint density at radius 1 is 0.900 bits per heavy atom. The zero-order valence-electron chi connectivity index (χ0n) is 13.1. The van der Waals surface area contributed by atoms with E-state index in [1.807, 2.05) is 0 Å². The molecule has 2 nitrogen and oxygen atoms in total. The number of allylic oxidation sites excluding steroid dienone is 1. The van der Waals surface area contributed by atoms with Crippen molar-refractivity contribution in [1.82, 2.24) is 0 Å². The first-order chi connectivity index (χ1) is 9.70. The summed E-state index contributed by atoms with van der Waals surface area (Å²) in [5.74, 6) is 0. The first-order valence-electron chi connectivity index (χ1n) is 8.30. The van der Waals surface area contributed by atoms with Gasteiger partial charge in [-0.2, -0.15) is 0 Å². The molecule has 3 heteroatoms. The fraction of sp³-hybridized carbons (Fsp3) is 0.882. The lowest BCUT2D eigenvalue weighted by Gasteiger charge is -2.09. The van der Waals surface area contributed by atoms with Crippen molar-refractivity contribution in [1.29, 1.82) is 0 Å². The summed E-state index contributed by atoms with van der Waals surface area (Å²) in [6.07, 6.45) is 15.6. The molecule has 0 aromatic heterocycles.